The molecule has 0 spiro atoms. The summed E-state index contributed by atoms with van der Waals surface area (Å²) in [5.74, 6) is -1.17. The fourth-order valence-corrected chi connectivity index (χ4v) is 4.35. The second kappa shape index (κ2) is 8.05. The normalized spacial score (nSPS) is 16.1. The molecule has 0 aromatic heterocycles. The Balaban J connectivity index is 1.59. The number of halogens is 2. The largest absolute Gasteiger partial charge is 0.322 e. The Bertz CT molecular complexity index is 1090. The second-order valence-corrected chi connectivity index (χ2v) is 7.57. The fraction of sp³-hybridized carbons (Fsp3) is 0.0909. The smallest absolute Gasteiger partial charge is 0.255 e. The predicted octanol–water partition coefficient (Wildman–Crippen LogP) is 5.00. The summed E-state index contributed by atoms with van der Waals surface area (Å²) in [5, 5.41) is 2.41. The number of benzene rings is 3. The van der Waals surface area contributed by atoms with Gasteiger partial charge in [0.25, 0.3) is 5.91 Å². The van der Waals surface area contributed by atoms with Gasteiger partial charge in [0, 0.05) is 16.9 Å². The van der Waals surface area contributed by atoms with Gasteiger partial charge in [-0.05, 0) is 54.1 Å². The maximum Gasteiger partial charge on any atom is 0.255 e. The topological polar surface area (TPSA) is 49.4 Å². The predicted molar refractivity (Wildman–Crippen MR) is 110 cm³/mol. The maximum atomic E-state index is 13.7. The quantitative estimate of drug-likeness (QED) is 0.659. The second-order valence-electron chi connectivity index (χ2n) is 6.50. The van der Waals surface area contributed by atoms with Crippen LogP contribution in [0, 0.1) is 11.6 Å². The van der Waals surface area contributed by atoms with E-state index in [1.807, 2.05) is 6.07 Å². The van der Waals surface area contributed by atoms with E-state index < -0.39 is 17.5 Å². The molecule has 0 saturated carbocycles. The van der Waals surface area contributed by atoms with Crippen molar-refractivity contribution in [1.29, 1.82) is 0 Å². The van der Waals surface area contributed by atoms with Gasteiger partial charge in [-0.3, -0.25) is 14.5 Å². The lowest BCUT2D eigenvalue weighted by atomic mass is 10.1. The molecular weight excluding hydrogens is 394 g/mol. The van der Waals surface area contributed by atoms with E-state index >= 15 is 0 Å². The molecule has 0 radical (unpaired) electrons. The van der Waals surface area contributed by atoms with Crippen molar-refractivity contribution in [2.75, 3.05) is 16.0 Å². The van der Waals surface area contributed by atoms with E-state index in [-0.39, 0.29) is 22.6 Å². The maximum absolute atomic E-state index is 13.7. The van der Waals surface area contributed by atoms with Crippen LogP contribution in [0.5, 0.6) is 0 Å². The number of hydrogen-bond donors (Lipinski definition) is 1. The summed E-state index contributed by atoms with van der Waals surface area (Å²) in [4.78, 5) is 26.4. The van der Waals surface area contributed by atoms with E-state index in [0.29, 0.717) is 11.4 Å². The molecule has 0 aliphatic carbocycles. The number of anilines is 2. The Kier molecular flexibility index (Phi) is 5.31. The average molecular weight is 410 g/mol. The number of carbonyl (C=O) groups excluding carboxylic acids is 2. The molecule has 2 amide bonds. The summed E-state index contributed by atoms with van der Waals surface area (Å²) < 4.78 is 27.0. The van der Waals surface area contributed by atoms with Crippen LogP contribution in [0.25, 0.3) is 0 Å². The van der Waals surface area contributed by atoms with Crippen molar-refractivity contribution in [3.63, 3.8) is 0 Å². The zero-order valence-corrected chi connectivity index (χ0v) is 16.0. The summed E-state index contributed by atoms with van der Waals surface area (Å²) in [7, 11) is 0. The van der Waals surface area contributed by atoms with Crippen molar-refractivity contribution in [3.8, 4) is 0 Å². The molecule has 146 valence electrons. The highest BCUT2D eigenvalue weighted by Gasteiger charge is 2.34. The molecule has 0 bridgehead atoms. The Hall–Kier alpha value is -3.19. The van der Waals surface area contributed by atoms with Crippen molar-refractivity contribution in [2.24, 2.45) is 0 Å². The summed E-state index contributed by atoms with van der Waals surface area (Å²) in [6, 6.07) is 18.4. The van der Waals surface area contributed by atoms with Crippen molar-refractivity contribution in [1.82, 2.24) is 0 Å². The molecule has 3 aromatic rings. The number of amides is 2. The minimum Gasteiger partial charge on any atom is -0.322 e. The highest BCUT2D eigenvalue weighted by Crippen LogP contribution is 2.42. The van der Waals surface area contributed by atoms with E-state index in [9.17, 15) is 18.4 Å². The van der Waals surface area contributed by atoms with Crippen LogP contribution in [-0.2, 0) is 4.79 Å². The third-order valence-corrected chi connectivity index (χ3v) is 5.68. The highest BCUT2D eigenvalue weighted by atomic mass is 32.2. The number of rotatable bonds is 4. The zero-order chi connectivity index (χ0) is 20.4. The SMILES string of the molecule is O=C(Nc1cccc(C2SCC(=O)N2c2cccc(F)c2)c1)c1cccc(F)c1. The lowest BCUT2D eigenvalue weighted by Gasteiger charge is -2.24. The number of nitrogens with one attached hydrogen (secondary N) is 1. The van der Waals surface area contributed by atoms with Crippen LogP contribution in [0.1, 0.15) is 21.3 Å². The Labute approximate surface area is 170 Å². The molecule has 4 nitrogen and oxygen atoms in total. The molecule has 7 heteroatoms. The van der Waals surface area contributed by atoms with E-state index in [0.717, 1.165) is 11.6 Å². The number of nitrogens with zero attached hydrogens (tertiary/aromatic N) is 1. The highest BCUT2D eigenvalue weighted by molar-refractivity contribution is 8.00. The van der Waals surface area contributed by atoms with Gasteiger partial charge in [0.2, 0.25) is 5.91 Å². The van der Waals surface area contributed by atoms with Crippen LogP contribution in [0.4, 0.5) is 20.2 Å². The van der Waals surface area contributed by atoms with Crippen LogP contribution >= 0.6 is 11.8 Å². The first-order valence-electron chi connectivity index (χ1n) is 8.87. The van der Waals surface area contributed by atoms with E-state index in [2.05, 4.69) is 5.32 Å². The van der Waals surface area contributed by atoms with Crippen molar-refractivity contribution in [2.45, 2.75) is 5.37 Å². The van der Waals surface area contributed by atoms with Crippen LogP contribution < -0.4 is 10.2 Å². The van der Waals surface area contributed by atoms with Gasteiger partial charge in [0.05, 0.1) is 5.75 Å². The number of thioether (sulfide) groups is 1. The molecule has 3 aromatic carbocycles. The molecule has 1 atom stereocenters. The lowest BCUT2D eigenvalue weighted by molar-refractivity contribution is -0.115. The Morgan fingerprint density at radius 1 is 0.966 bits per heavy atom. The number of carbonyl (C=O) groups is 2. The molecule has 1 heterocycles. The third kappa shape index (κ3) is 4.14. The molecule has 29 heavy (non-hydrogen) atoms. The molecule has 1 saturated heterocycles. The van der Waals surface area contributed by atoms with Gasteiger partial charge in [-0.25, -0.2) is 8.78 Å². The molecule has 1 N–H and O–H groups in total. The Morgan fingerprint density at radius 3 is 2.45 bits per heavy atom. The molecule has 1 aliphatic rings. The molecule has 1 aliphatic heterocycles. The van der Waals surface area contributed by atoms with Gasteiger partial charge in [0.1, 0.15) is 17.0 Å². The van der Waals surface area contributed by atoms with Gasteiger partial charge in [-0.15, -0.1) is 11.8 Å². The summed E-state index contributed by atoms with van der Waals surface area (Å²) in [5.41, 5.74) is 2.01. The van der Waals surface area contributed by atoms with Gasteiger partial charge < -0.3 is 5.32 Å². The van der Waals surface area contributed by atoms with E-state index in [4.69, 9.17) is 0 Å². The summed E-state index contributed by atoms with van der Waals surface area (Å²) in [6.07, 6.45) is 0. The van der Waals surface area contributed by atoms with Crippen LogP contribution in [0.15, 0.2) is 72.8 Å². The lowest BCUT2D eigenvalue weighted by Crippen LogP contribution is -2.27. The molecule has 4 rings (SSSR count). The first-order valence-corrected chi connectivity index (χ1v) is 9.92. The van der Waals surface area contributed by atoms with Crippen LogP contribution in [0.3, 0.4) is 0 Å². The van der Waals surface area contributed by atoms with Crippen molar-refractivity contribution < 1.29 is 18.4 Å². The number of hydrogen-bond acceptors (Lipinski definition) is 3. The molecular formula is C22H16F2N2O2S. The zero-order valence-electron chi connectivity index (χ0n) is 15.1. The van der Waals surface area contributed by atoms with Crippen molar-refractivity contribution >= 4 is 35.0 Å². The van der Waals surface area contributed by atoms with Crippen LogP contribution in [-0.4, -0.2) is 17.6 Å². The monoisotopic (exact) mass is 410 g/mol. The minimum absolute atomic E-state index is 0.111. The van der Waals surface area contributed by atoms with Gasteiger partial charge in [0.15, 0.2) is 0 Å². The van der Waals surface area contributed by atoms with Gasteiger partial charge in [-0.2, -0.15) is 0 Å². The average Bonchev–Trinajstić information content (AvgIpc) is 3.10. The van der Waals surface area contributed by atoms with E-state index in [1.54, 1.807) is 35.2 Å². The van der Waals surface area contributed by atoms with Gasteiger partial charge in [-0.1, -0.05) is 24.3 Å². The summed E-state index contributed by atoms with van der Waals surface area (Å²) >= 11 is 1.43. The third-order valence-electron chi connectivity index (χ3n) is 4.47. The fourth-order valence-electron chi connectivity index (χ4n) is 3.18. The van der Waals surface area contributed by atoms with Gasteiger partial charge >= 0.3 is 0 Å². The minimum atomic E-state index is -0.488. The van der Waals surface area contributed by atoms with Crippen molar-refractivity contribution in [3.05, 3.63) is 95.6 Å². The Morgan fingerprint density at radius 2 is 1.69 bits per heavy atom. The first-order chi connectivity index (χ1) is 14.0. The summed E-state index contributed by atoms with van der Waals surface area (Å²) in [6.45, 7) is 0. The molecule has 1 unspecified atom stereocenters. The standard InChI is InChI=1S/C22H16F2N2O2S/c23-16-6-1-4-14(10-16)21(28)25-18-8-2-5-15(11-18)22-26(20(27)13-29-22)19-9-3-7-17(24)12-19/h1-12,22H,13H2,(H,25,28). The molecule has 1 fully saturated rings. The first kappa shape index (κ1) is 19.1. The van der Waals surface area contributed by atoms with Crippen LogP contribution in [0.2, 0.25) is 0 Å². The van der Waals surface area contributed by atoms with E-state index in [1.165, 1.54) is 42.1 Å².